The average molecular weight is 428 g/mol. The number of nitrogens with zero attached hydrogens (tertiary/aromatic N) is 1. The van der Waals surface area contributed by atoms with E-state index in [1.165, 1.54) is 11.1 Å². The van der Waals surface area contributed by atoms with Crippen LogP contribution in [0.15, 0.2) is 54.6 Å². The van der Waals surface area contributed by atoms with Gasteiger partial charge in [0.15, 0.2) is 5.78 Å². The quantitative estimate of drug-likeness (QED) is 0.310. The van der Waals surface area contributed by atoms with Crippen LogP contribution in [0.4, 0.5) is 0 Å². The number of carbonyl (C=O) groups is 2. The standard InChI is InChI=1S/C26H37NO2S/c1-4-7-11-21(5-2)20-23-15-17-25(28)24(16-14-22-12-9-8-10-13-22)27(26(23)29)18-19-30-6-3/h4-5,8-10,12-13,23-24H,1,6-7,11,14-20H2,2-3H3/b21-5+. The SMILES string of the molecule is C=CCC/C(=C\C)CC1CCC(=O)C(CCc2ccccc2)N(CCSCC)C1=O. The second kappa shape index (κ2) is 13.5. The molecule has 0 saturated carbocycles. The Hall–Kier alpha value is -1.81. The zero-order valence-corrected chi connectivity index (χ0v) is 19.5. The smallest absolute Gasteiger partial charge is 0.226 e. The number of ketones is 1. The third-order valence-corrected chi connectivity index (χ3v) is 6.82. The second-order valence-electron chi connectivity index (χ2n) is 7.95. The van der Waals surface area contributed by atoms with Gasteiger partial charge in [-0.2, -0.15) is 11.8 Å². The summed E-state index contributed by atoms with van der Waals surface area (Å²) in [6.45, 7) is 8.65. The van der Waals surface area contributed by atoms with Gasteiger partial charge in [0.05, 0.1) is 6.04 Å². The van der Waals surface area contributed by atoms with Gasteiger partial charge in [0.1, 0.15) is 0 Å². The van der Waals surface area contributed by atoms with Gasteiger partial charge in [-0.25, -0.2) is 0 Å². The second-order valence-corrected chi connectivity index (χ2v) is 9.34. The third-order valence-electron chi connectivity index (χ3n) is 5.94. The third kappa shape index (κ3) is 7.46. The van der Waals surface area contributed by atoms with Crippen molar-refractivity contribution in [3.63, 3.8) is 0 Å². The van der Waals surface area contributed by atoms with Crippen LogP contribution >= 0.6 is 11.8 Å². The highest BCUT2D eigenvalue weighted by molar-refractivity contribution is 7.99. The van der Waals surface area contributed by atoms with Crippen LogP contribution in [0.2, 0.25) is 0 Å². The molecule has 30 heavy (non-hydrogen) atoms. The number of hydrogen-bond donors (Lipinski definition) is 0. The maximum atomic E-state index is 13.5. The number of aryl methyl sites for hydroxylation is 1. The van der Waals surface area contributed by atoms with E-state index < -0.39 is 0 Å². The fourth-order valence-electron chi connectivity index (χ4n) is 4.16. The molecule has 1 aliphatic rings. The predicted octanol–water partition coefficient (Wildman–Crippen LogP) is 5.85. The lowest BCUT2D eigenvalue weighted by Crippen LogP contribution is -2.46. The first-order chi connectivity index (χ1) is 14.6. The zero-order chi connectivity index (χ0) is 21.8. The number of carbonyl (C=O) groups excluding carboxylic acids is 2. The van der Waals surface area contributed by atoms with Gasteiger partial charge in [-0.15, -0.1) is 6.58 Å². The van der Waals surface area contributed by atoms with Gasteiger partial charge < -0.3 is 4.90 Å². The lowest BCUT2D eigenvalue weighted by Gasteiger charge is -2.31. The molecule has 0 spiro atoms. The van der Waals surface area contributed by atoms with Crippen molar-refractivity contribution < 1.29 is 9.59 Å². The number of likely N-dealkylation sites (tertiary alicyclic amines) is 1. The van der Waals surface area contributed by atoms with Crippen molar-refractivity contribution in [2.45, 2.75) is 64.8 Å². The number of Topliss-reactive ketones (excluding diaryl/α,β-unsaturated/α-hetero) is 1. The van der Waals surface area contributed by atoms with E-state index in [2.05, 4.69) is 31.7 Å². The highest BCUT2D eigenvalue weighted by Crippen LogP contribution is 2.29. The number of allylic oxidation sites excluding steroid dienone is 3. The molecule has 0 aliphatic carbocycles. The molecule has 1 aromatic carbocycles. The van der Waals surface area contributed by atoms with E-state index in [1.54, 1.807) is 0 Å². The Labute approximate surface area is 187 Å². The van der Waals surface area contributed by atoms with Gasteiger partial charge in [0, 0.05) is 24.6 Å². The van der Waals surface area contributed by atoms with E-state index in [4.69, 9.17) is 0 Å². The Balaban J connectivity index is 2.16. The van der Waals surface area contributed by atoms with Gasteiger partial charge in [0.25, 0.3) is 0 Å². The summed E-state index contributed by atoms with van der Waals surface area (Å²) in [4.78, 5) is 28.5. The number of amides is 1. The first-order valence-corrected chi connectivity index (χ1v) is 12.5. The van der Waals surface area contributed by atoms with Crippen molar-refractivity contribution in [3.05, 3.63) is 60.2 Å². The normalized spacial score (nSPS) is 20.3. The molecule has 2 atom stereocenters. The molecule has 0 radical (unpaired) electrons. The van der Waals surface area contributed by atoms with Crippen LogP contribution in [0.25, 0.3) is 0 Å². The largest absolute Gasteiger partial charge is 0.332 e. The molecule has 1 saturated heterocycles. The van der Waals surface area contributed by atoms with Crippen molar-refractivity contribution in [2.24, 2.45) is 5.92 Å². The number of hydrogen-bond acceptors (Lipinski definition) is 3. The molecule has 0 aromatic heterocycles. The Kier molecular flexibility index (Phi) is 11.0. The molecule has 2 rings (SSSR count). The molecule has 0 N–H and O–H groups in total. The maximum absolute atomic E-state index is 13.5. The van der Waals surface area contributed by atoms with Crippen LogP contribution in [-0.4, -0.2) is 40.7 Å². The van der Waals surface area contributed by atoms with E-state index in [-0.39, 0.29) is 23.7 Å². The summed E-state index contributed by atoms with van der Waals surface area (Å²) in [5, 5.41) is 0. The fourth-order valence-corrected chi connectivity index (χ4v) is 4.78. The highest BCUT2D eigenvalue weighted by atomic mass is 32.2. The minimum atomic E-state index is -0.289. The Morgan fingerprint density at radius 1 is 1.27 bits per heavy atom. The van der Waals surface area contributed by atoms with Gasteiger partial charge in [-0.3, -0.25) is 9.59 Å². The van der Waals surface area contributed by atoms with Crippen LogP contribution in [0.3, 0.4) is 0 Å². The van der Waals surface area contributed by atoms with Crippen molar-refractivity contribution >= 4 is 23.5 Å². The number of rotatable bonds is 12. The summed E-state index contributed by atoms with van der Waals surface area (Å²) in [5.41, 5.74) is 2.52. The lowest BCUT2D eigenvalue weighted by molar-refractivity contribution is -0.140. The van der Waals surface area contributed by atoms with E-state index >= 15 is 0 Å². The number of thioether (sulfide) groups is 1. The van der Waals surface area contributed by atoms with Gasteiger partial charge in [0.2, 0.25) is 5.91 Å². The molecule has 2 unspecified atom stereocenters. The lowest BCUT2D eigenvalue weighted by atomic mass is 9.91. The molecule has 1 heterocycles. The van der Waals surface area contributed by atoms with Crippen molar-refractivity contribution in [3.8, 4) is 0 Å². The van der Waals surface area contributed by atoms with Gasteiger partial charge in [-0.05, 0) is 56.8 Å². The van der Waals surface area contributed by atoms with Gasteiger partial charge in [-0.1, -0.05) is 55.0 Å². The summed E-state index contributed by atoms with van der Waals surface area (Å²) in [7, 11) is 0. The highest BCUT2D eigenvalue weighted by Gasteiger charge is 2.37. The summed E-state index contributed by atoms with van der Waals surface area (Å²) >= 11 is 1.83. The molecule has 1 aromatic rings. The average Bonchev–Trinajstić information content (AvgIpc) is 2.87. The summed E-state index contributed by atoms with van der Waals surface area (Å²) < 4.78 is 0. The van der Waals surface area contributed by atoms with E-state index in [9.17, 15) is 9.59 Å². The van der Waals surface area contributed by atoms with Crippen molar-refractivity contribution in [1.82, 2.24) is 4.90 Å². The molecule has 1 amide bonds. The molecule has 0 bridgehead atoms. The zero-order valence-electron chi connectivity index (χ0n) is 18.6. The Bertz CT molecular complexity index is 713. The van der Waals surface area contributed by atoms with Crippen molar-refractivity contribution in [2.75, 3.05) is 18.1 Å². The summed E-state index contributed by atoms with van der Waals surface area (Å²) in [6.07, 6.45) is 9.41. The minimum absolute atomic E-state index is 0.0849. The van der Waals surface area contributed by atoms with Crippen LogP contribution in [0.5, 0.6) is 0 Å². The molecule has 164 valence electrons. The van der Waals surface area contributed by atoms with Gasteiger partial charge >= 0.3 is 0 Å². The molecule has 4 heteroatoms. The molecule has 1 fully saturated rings. The maximum Gasteiger partial charge on any atom is 0.226 e. The molecule has 3 nitrogen and oxygen atoms in total. The van der Waals surface area contributed by atoms with Crippen LogP contribution < -0.4 is 0 Å². The van der Waals surface area contributed by atoms with Crippen LogP contribution in [0.1, 0.15) is 57.9 Å². The number of benzene rings is 1. The molecular weight excluding hydrogens is 390 g/mol. The molecular formula is C26H37NO2S. The van der Waals surface area contributed by atoms with Crippen LogP contribution in [-0.2, 0) is 16.0 Å². The Morgan fingerprint density at radius 3 is 2.70 bits per heavy atom. The molecule has 1 aliphatic heterocycles. The summed E-state index contributed by atoms with van der Waals surface area (Å²) in [5.74, 6) is 2.23. The Morgan fingerprint density at radius 2 is 2.03 bits per heavy atom. The van der Waals surface area contributed by atoms with E-state index in [1.807, 2.05) is 47.9 Å². The topological polar surface area (TPSA) is 37.4 Å². The predicted molar refractivity (Wildman–Crippen MR) is 129 cm³/mol. The minimum Gasteiger partial charge on any atom is -0.332 e. The fraction of sp³-hybridized carbons (Fsp3) is 0.538. The van der Waals surface area contributed by atoms with E-state index in [0.717, 1.165) is 37.2 Å². The van der Waals surface area contributed by atoms with Crippen molar-refractivity contribution in [1.29, 1.82) is 0 Å². The first kappa shape index (κ1) is 24.5. The first-order valence-electron chi connectivity index (χ1n) is 11.3. The van der Waals surface area contributed by atoms with E-state index in [0.29, 0.717) is 25.8 Å². The summed E-state index contributed by atoms with van der Waals surface area (Å²) in [6, 6.07) is 9.98. The monoisotopic (exact) mass is 427 g/mol. The van der Waals surface area contributed by atoms with Crippen LogP contribution in [0, 0.1) is 5.92 Å².